The second-order valence-corrected chi connectivity index (χ2v) is 2.94. The van der Waals surface area contributed by atoms with E-state index in [9.17, 15) is 10.2 Å². The summed E-state index contributed by atoms with van der Waals surface area (Å²) in [5.41, 5.74) is 0. The van der Waals surface area contributed by atoms with Crippen LogP contribution in [0.25, 0.3) is 0 Å². The number of rotatable bonds is 4. The zero-order valence-electron chi connectivity index (χ0n) is 6.97. The van der Waals surface area contributed by atoms with E-state index in [4.69, 9.17) is 9.84 Å². The van der Waals surface area contributed by atoms with Gasteiger partial charge in [-0.3, -0.25) is 0 Å². The minimum Gasteiger partial charge on any atom is -0.394 e. The number of hydrogen-bond acceptors (Lipinski definition) is 5. The van der Waals surface area contributed by atoms with Crippen LogP contribution in [0.4, 0.5) is 0 Å². The maximum absolute atomic E-state index is 9.32. The van der Waals surface area contributed by atoms with Crippen molar-refractivity contribution in [2.24, 2.45) is 0 Å². The van der Waals surface area contributed by atoms with Gasteiger partial charge < -0.3 is 25.4 Å². The molecule has 0 aromatic heterocycles. The Kier molecular flexibility index (Phi) is 3.42. The van der Waals surface area contributed by atoms with Crippen LogP contribution in [0.5, 0.6) is 0 Å². The first-order valence-corrected chi connectivity index (χ1v) is 3.97. The van der Waals surface area contributed by atoms with E-state index in [-0.39, 0.29) is 6.61 Å². The lowest BCUT2D eigenvalue weighted by Crippen LogP contribution is -2.61. The molecule has 1 aliphatic heterocycles. The average Bonchev–Trinajstić information content (AvgIpc) is 2.03. The van der Waals surface area contributed by atoms with Gasteiger partial charge >= 0.3 is 0 Å². The van der Waals surface area contributed by atoms with E-state index < -0.39 is 24.4 Å². The highest BCUT2D eigenvalue weighted by Crippen LogP contribution is 2.23. The summed E-state index contributed by atoms with van der Waals surface area (Å²) in [6.07, 6.45) is -2.55. The molecule has 1 heterocycles. The number of hydrogen-bond donors (Lipinski definition) is 4. The van der Waals surface area contributed by atoms with Crippen molar-refractivity contribution in [2.75, 3.05) is 20.2 Å². The highest BCUT2D eigenvalue weighted by Gasteiger charge is 2.44. The van der Waals surface area contributed by atoms with Gasteiger partial charge in [-0.15, -0.1) is 0 Å². The first-order chi connectivity index (χ1) is 5.70. The lowest BCUT2D eigenvalue weighted by atomic mass is 9.96. The monoisotopic (exact) mass is 177 g/mol. The first-order valence-electron chi connectivity index (χ1n) is 3.97. The molecule has 5 nitrogen and oxygen atoms in total. The number of likely N-dealkylation sites (N-methyl/N-ethyl adjacent to an activating group) is 1. The Balaban J connectivity index is 2.28. The summed E-state index contributed by atoms with van der Waals surface area (Å²) in [6, 6.07) is 0. The predicted octanol–water partition coefficient (Wildman–Crippen LogP) is -2.31. The third-order valence-corrected chi connectivity index (χ3v) is 2.02. The summed E-state index contributed by atoms with van der Waals surface area (Å²) < 4.78 is 5.02. The standard InChI is InChI=1S/C7H15NO4/c1-8-2-4(10)7-6(11)5(3-9)12-7/h4-11H,2-3H2,1H3. The molecule has 0 radical (unpaired) electrons. The first kappa shape index (κ1) is 9.88. The smallest absolute Gasteiger partial charge is 0.114 e. The summed E-state index contributed by atoms with van der Waals surface area (Å²) in [4.78, 5) is 0. The molecule has 0 saturated carbocycles. The van der Waals surface area contributed by atoms with Gasteiger partial charge in [-0.05, 0) is 7.05 Å². The summed E-state index contributed by atoms with van der Waals surface area (Å²) in [7, 11) is 1.71. The van der Waals surface area contributed by atoms with Crippen LogP contribution in [0.1, 0.15) is 0 Å². The van der Waals surface area contributed by atoms with Crippen LogP contribution < -0.4 is 5.32 Å². The molecule has 4 N–H and O–H groups in total. The number of ether oxygens (including phenoxy) is 1. The van der Waals surface area contributed by atoms with E-state index in [0.29, 0.717) is 6.54 Å². The maximum atomic E-state index is 9.32. The molecule has 0 aliphatic carbocycles. The molecule has 0 spiro atoms. The van der Waals surface area contributed by atoms with Crippen LogP contribution in [0.3, 0.4) is 0 Å². The van der Waals surface area contributed by atoms with Gasteiger partial charge in [-0.1, -0.05) is 0 Å². The van der Waals surface area contributed by atoms with Gasteiger partial charge in [-0.25, -0.2) is 0 Å². The van der Waals surface area contributed by atoms with Gasteiger partial charge in [0, 0.05) is 6.54 Å². The lowest BCUT2D eigenvalue weighted by molar-refractivity contribution is -0.259. The zero-order valence-corrected chi connectivity index (χ0v) is 6.97. The highest BCUT2D eigenvalue weighted by molar-refractivity contribution is 4.92. The van der Waals surface area contributed by atoms with E-state index in [1.807, 2.05) is 0 Å². The molecule has 72 valence electrons. The largest absolute Gasteiger partial charge is 0.394 e. The van der Waals surface area contributed by atoms with Crippen LogP contribution in [0.2, 0.25) is 0 Å². The molecule has 12 heavy (non-hydrogen) atoms. The molecule has 0 aromatic carbocycles. The van der Waals surface area contributed by atoms with Gasteiger partial charge in [0.15, 0.2) is 0 Å². The molecule has 1 rings (SSSR count). The molecule has 0 aromatic rings. The minimum atomic E-state index is -0.752. The van der Waals surface area contributed by atoms with Gasteiger partial charge in [-0.2, -0.15) is 0 Å². The Morgan fingerprint density at radius 1 is 1.58 bits per heavy atom. The summed E-state index contributed by atoms with van der Waals surface area (Å²) in [6.45, 7) is 0.170. The van der Waals surface area contributed by atoms with E-state index in [0.717, 1.165) is 0 Å². The third-order valence-electron chi connectivity index (χ3n) is 2.02. The third kappa shape index (κ3) is 1.75. The van der Waals surface area contributed by atoms with Crippen molar-refractivity contribution < 1.29 is 20.1 Å². The Morgan fingerprint density at radius 3 is 2.67 bits per heavy atom. The van der Waals surface area contributed by atoms with E-state index in [2.05, 4.69) is 5.32 Å². The molecule has 1 saturated heterocycles. The number of aliphatic hydroxyl groups excluding tert-OH is 3. The van der Waals surface area contributed by atoms with Crippen LogP contribution in [0.15, 0.2) is 0 Å². The summed E-state index contributed by atoms with van der Waals surface area (Å²) in [5.74, 6) is 0. The summed E-state index contributed by atoms with van der Waals surface area (Å²) >= 11 is 0. The SMILES string of the molecule is CNCC(O)C1OC(CO)C1O. The van der Waals surface area contributed by atoms with Crippen molar-refractivity contribution in [3.05, 3.63) is 0 Å². The van der Waals surface area contributed by atoms with E-state index in [1.54, 1.807) is 7.05 Å². The molecule has 4 atom stereocenters. The molecule has 4 unspecified atom stereocenters. The highest BCUT2D eigenvalue weighted by atomic mass is 16.6. The maximum Gasteiger partial charge on any atom is 0.114 e. The Labute approximate surface area is 71.0 Å². The van der Waals surface area contributed by atoms with Crippen LogP contribution in [-0.4, -0.2) is 59.9 Å². The number of aliphatic hydroxyl groups is 3. The normalized spacial score (nSPS) is 37.5. The fourth-order valence-electron chi connectivity index (χ4n) is 1.28. The van der Waals surface area contributed by atoms with Crippen molar-refractivity contribution in [2.45, 2.75) is 24.4 Å². The quantitative estimate of drug-likeness (QED) is 0.388. The molecule has 1 fully saturated rings. The zero-order chi connectivity index (χ0) is 9.14. The van der Waals surface area contributed by atoms with Crippen LogP contribution in [-0.2, 0) is 4.74 Å². The Morgan fingerprint density at radius 2 is 2.25 bits per heavy atom. The van der Waals surface area contributed by atoms with Gasteiger partial charge in [0.1, 0.15) is 18.3 Å². The summed E-state index contributed by atoms with van der Waals surface area (Å²) in [5, 5.41) is 30.0. The molecule has 5 heteroatoms. The van der Waals surface area contributed by atoms with Crippen molar-refractivity contribution >= 4 is 0 Å². The van der Waals surface area contributed by atoms with Crippen molar-refractivity contribution in [1.82, 2.24) is 5.32 Å². The van der Waals surface area contributed by atoms with E-state index >= 15 is 0 Å². The molecular formula is C7H15NO4. The van der Waals surface area contributed by atoms with Crippen molar-refractivity contribution in [1.29, 1.82) is 0 Å². The molecule has 0 bridgehead atoms. The topological polar surface area (TPSA) is 82.0 Å². The van der Waals surface area contributed by atoms with E-state index in [1.165, 1.54) is 0 Å². The number of nitrogens with one attached hydrogen (secondary N) is 1. The van der Waals surface area contributed by atoms with Gasteiger partial charge in [0.05, 0.1) is 12.7 Å². The Bertz CT molecular complexity index is 139. The second kappa shape index (κ2) is 4.15. The fraction of sp³-hybridized carbons (Fsp3) is 1.00. The minimum absolute atomic E-state index is 0.204. The lowest BCUT2D eigenvalue weighted by Gasteiger charge is -2.42. The second-order valence-electron chi connectivity index (χ2n) is 2.94. The van der Waals surface area contributed by atoms with Gasteiger partial charge in [0.25, 0.3) is 0 Å². The molecule has 1 aliphatic rings. The predicted molar refractivity (Wildman–Crippen MR) is 41.7 cm³/mol. The Hall–Kier alpha value is -0.200. The fourth-order valence-corrected chi connectivity index (χ4v) is 1.28. The molecule has 0 amide bonds. The van der Waals surface area contributed by atoms with Crippen LogP contribution >= 0.6 is 0 Å². The molecular weight excluding hydrogens is 162 g/mol. The van der Waals surface area contributed by atoms with Crippen molar-refractivity contribution in [3.8, 4) is 0 Å². The van der Waals surface area contributed by atoms with Crippen LogP contribution in [0, 0.1) is 0 Å². The van der Waals surface area contributed by atoms with Gasteiger partial charge in [0.2, 0.25) is 0 Å². The average molecular weight is 177 g/mol. The van der Waals surface area contributed by atoms with Crippen molar-refractivity contribution in [3.63, 3.8) is 0 Å².